The summed E-state index contributed by atoms with van der Waals surface area (Å²) in [7, 11) is 0. The number of aromatic hydroxyl groups is 2. The van der Waals surface area contributed by atoms with Crippen LogP contribution in [0.25, 0.3) is 0 Å². The van der Waals surface area contributed by atoms with E-state index in [-0.39, 0.29) is 11.5 Å². The Morgan fingerprint density at radius 1 is 0.850 bits per heavy atom. The van der Waals surface area contributed by atoms with E-state index in [0.29, 0.717) is 22.6 Å². The molecule has 5 nitrogen and oxygen atoms in total. The normalized spacial score (nSPS) is 10.1. The van der Waals surface area contributed by atoms with Gasteiger partial charge in [-0.15, -0.1) is 0 Å². The third-order valence-electron chi connectivity index (χ3n) is 2.70. The summed E-state index contributed by atoms with van der Waals surface area (Å²) in [5, 5.41) is 18.5. The molecule has 0 aromatic heterocycles. The molecule has 0 spiro atoms. The van der Waals surface area contributed by atoms with Crippen LogP contribution in [0.1, 0.15) is 11.1 Å². The molecule has 2 aromatic carbocycles. The van der Waals surface area contributed by atoms with E-state index >= 15 is 0 Å². The minimum atomic E-state index is -0.882. The Morgan fingerprint density at radius 3 is 1.60 bits per heavy atom. The third-order valence-corrected chi connectivity index (χ3v) is 2.70. The molecular weight excluding hydrogens is 260 g/mol. The van der Waals surface area contributed by atoms with Crippen LogP contribution in [0.2, 0.25) is 0 Å². The van der Waals surface area contributed by atoms with E-state index in [1.54, 1.807) is 13.8 Å². The van der Waals surface area contributed by atoms with Gasteiger partial charge in [0, 0.05) is 0 Å². The van der Waals surface area contributed by atoms with E-state index in [4.69, 9.17) is 9.47 Å². The van der Waals surface area contributed by atoms with Crippen LogP contribution < -0.4 is 9.47 Å². The summed E-state index contributed by atoms with van der Waals surface area (Å²) in [6.07, 6.45) is -0.882. The van der Waals surface area contributed by atoms with Gasteiger partial charge in [-0.2, -0.15) is 0 Å². The second-order valence-electron chi connectivity index (χ2n) is 4.35. The molecule has 0 saturated heterocycles. The lowest BCUT2D eigenvalue weighted by Crippen LogP contribution is -2.14. The first-order chi connectivity index (χ1) is 9.45. The maximum absolute atomic E-state index is 11.7. The molecule has 0 radical (unpaired) electrons. The molecular formula is C15H14O5. The van der Waals surface area contributed by atoms with Gasteiger partial charge in [0.2, 0.25) is 0 Å². The molecule has 104 valence electrons. The van der Waals surface area contributed by atoms with E-state index < -0.39 is 6.16 Å². The predicted molar refractivity (Wildman–Crippen MR) is 72.3 cm³/mol. The summed E-state index contributed by atoms with van der Waals surface area (Å²) in [4.78, 5) is 11.7. The number of carbonyl (C=O) groups is 1. The monoisotopic (exact) mass is 274 g/mol. The third kappa shape index (κ3) is 3.20. The topological polar surface area (TPSA) is 76.0 Å². The van der Waals surface area contributed by atoms with Crippen molar-refractivity contribution in [2.75, 3.05) is 0 Å². The molecule has 0 aliphatic heterocycles. The number of benzene rings is 2. The Morgan fingerprint density at radius 2 is 1.25 bits per heavy atom. The molecule has 2 aromatic rings. The van der Waals surface area contributed by atoms with E-state index in [1.165, 1.54) is 36.4 Å². The molecule has 0 bridgehead atoms. The first-order valence-electron chi connectivity index (χ1n) is 5.94. The summed E-state index contributed by atoms with van der Waals surface area (Å²) >= 11 is 0. The molecule has 2 rings (SSSR count). The summed E-state index contributed by atoms with van der Waals surface area (Å²) in [5.74, 6) is 0.809. The molecule has 2 N–H and O–H groups in total. The zero-order valence-electron chi connectivity index (χ0n) is 11.1. The minimum Gasteiger partial charge on any atom is -0.508 e. The summed E-state index contributed by atoms with van der Waals surface area (Å²) in [6.45, 7) is 3.41. The van der Waals surface area contributed by atoms with Gasteiger partial charge < -0.3 is 19.7 Å². The Balaban J connectivity index is 2.09. The van der Waals surface area contributed by atoms with Crippen molar-refractivity contribution >= 4 is 6.16 Å². The summed E-state index contributed by atoms with van der Waals surface area (Å²) in [6, 6.07) is 8.76. The lowest BCUT2D eigenvalue weighted by molar-refractivity contribution is 0.151. The fraction of sp³-hybridized carbons (Fsp3) is 0.133. The van der Waals surface area contributed by atoms with E-state index in [1.807, 2.05) is 0 Å². The van der Waals surface area contributed by atoms with Crippen LogP contribution in [0, 0.1) is 13.8 Å². The van der Waals surface area contributed by atoms with Crippen molar-refractivity contribution in [1.29, 1.82) is 0 Å². The molecule has 0 atom stereocenters. The van der Waals surface area contributed by atoms with E-state index in [2.05, 4.69) is 0 Å². The average Bonchev–Trinajstić information content (AvgIpc) is 2.36. The fourth-order valence-corrected chi connectivity index (χ4v) is 1.70. The predicted octanol–water partition coefficient (Wildman–Crippen LogP) is 3.29. The summed E-state index contributed by atoms with van der Waals surface area (Å²) < 4.78 is 10.1. The van der Waals surface area contributed by atoms with Crippen molar-refractivity contribution in [3.8, 4) is 23.0 Å². The van der Waals surface area contributed by atoms with Crippen molar-refractivity contribution in [3.63, 3.8) is 0 Å². The number of ether oxygens (including phenoxy) is 2. The van der Waals surface area contributed by atoms with Gasteiger partial charge in [-0.05, 0) is 61.4 Å². The van der Waals surface area contributed by atoms with Gasteiger partial charge in [0.25, 0.3) is 0 Å². The Kier molecular flexibility index (Phi) is 3.79. The van der Waals surface area contributed by atoms with Crippen LogP contribution in [-0.4, -0.2) is 16.4 Å². The van der Waals surface area contributed by atoms with Crippen molar-refractivity contribution in [2.45, 2.75) is 13.8 Å². The number of aryl methyl sites for hydroxylation is 2. The Hall–Kier alpha value is -2.69. The van der Waals surface area contributed by atoms with E-state index in [9.17, 15) is 15.0 Å². The summed E-state index contributed by atoms with van der Waals surface area (Å²) in [5.41, 5.74) is 1.23. The average molecular weight is 274 g/mol. The van der Waals surface area contributed by atoms with Crippen molar-refractivity contribution in [1.82, 2.24) is 0 Å². The molecule has 5 heteroatoms. The van der Waals surface area contributed by atoms with Crippen LogP contribution in [0.4, 0.5) is 4.79 Å². The smallest absolute Gasteiger partial charge is 0.508 e. The zero-order chi connectivity index (χ0) is 14.7. The first kappa shape index (κ1) is 13.7. The number of carbonyl (C=O) groups excluding carboxylic acids is 1. The first-order valence-corrected chi connectivity index (χ1v) is 5.94. The van der Waals surface area contributed by atoms with Crippen LogP contribution >= 0.6 is 0 Å². The second-order valence-corrected chi connectivity index (χ2v) is 4.35. The molecule has 0 aliphatic carbocycles. The maximum atomic E-state index is 11.7. The number of phenols is 2. The minimum absolute atomic E-state index is 0.0950. The molecule has 0 fully saturated rings. The van der Waals surface area contributed by atoms with Gasteiger partial charge in [0.05, 0.1) is 0 Å². The number of phenolic OH excluding ortho intramolecular Hbond substituents is 2. The van der Waals surface area contributed by atoms with Gasteiger partial charge >= 0.3 is 6.16 Å². The lowest BCUT2D eigenvalue weighted by Gasteiger charge is -2.09. The quantitative estimate of drug-likeness (QED) is 0.649. The largest absolute Gasteiger partial charge is 0.519 e. The highest BCUT2D eigenvalue weighted by Gasteiger charge is 2.12. The molecule has 0 saturated carbocycles. The van der Waals surface area contributed by atoms with E-state index in [0.717, 1.165) is 0 Å². The highest BCUT2D eigenvalue weighted by molar-refractivity contribution is 5.68. The zero-order valence-corrected chi connectivity index (χ0v) is 11.1. The number of rotatable bonds is 2. The molecule has 0 heterocycles. The van der Waals surface area contributed by atoms with Gasteiger partial charge in [-0.1, -0.05) is 0 Å². The fourth-order valence-electron chi connectivity index (χ4n) is 1.70. The van der Waals surface area contributed by atoms with Crippen molar-refractivity contribution in [2.24, 2.45) is 0 Å². The molecule has 20 heavy (non-hydrogen) atoms. The molecule has 0 unspecified atom stereocenters. The van der Waals surface area contributed by atoms with Crippen LogP contribution in [-0.2, 0) is 0 Å². The molecule has 0 aliphatic rings. The Bertz CT molecular complexity index is 593. The molecule has 0 amide bonds. The van der Waals surface area contributed by atoms with Crippen LogP contribution in [0.15, 0.2) is 36.4 Å². The van der Waals surface area contributed by atoms with Gasteiger partial charge in [-0.25, -0.2) is 4.79 Å². The van der Waals surface area contributed by atoms with Gasteiger partial charge in [-0.3, -0.25) is 0 Å². The van der Waals surface area contributed by atoms with Gasteiger partial charge in [0.15, 0.2) is 0 Å². The van der Waals surface area contributed by atoms with Gasteiger partial charge in [0.1, 0.15) is 23.0 Å². The van der Waals surface area contributed by atoms with Crippen molar-refractivity contribution < 1.29 is 24.5 Å². The van der Waals surface area contributed by atoms with Crippen LogP contribution in [0.3, 0.4) is 0 Å². The van der Waals surface area contributed by atoms with Crippen molar-refractivity contribution in [3.05, 3.63) is 47.5 Å². The number of hydrogen-bond acceptors (Lipinski definition) is 5. The standard InChI is InChI=1S/C15H14O5/c1-9-7-11(16)3-5-13(9)19-15(18)20-14-6-4-12(17)8-10(14)2/h3-8,16-17H,1-2H3. The SMILES string of the molecule is Cc1cc(O)ccc1OC(=O)Oc1ccc(O)cc1C. The second kappa shape index (κ2) is 5.52. The van der Waals surface area contributed by atoms with Crippen LogP contribution in [0.5, 0.6) is 23.0 Å². The lowest BCUT2D eigenvalue weighted by atomic mass is 10.2. The maximum Gasteiger partial charge on any atom is 0.519 e. The Labute approximate surface area is 116 Å². The number of hydrogen-bond donors (Lipinski definition) is 2. The highest BCUT2D eigenvalue weighted by atomic mass is 16.7. The highest BCUT2D eigenvalue weighted by Crippen LogP contribution is 2.25.